The molecule has 1 aliphatic heterocycles. The Bertz CT molecular complexity index is 707. The van der Waals surface area contributed by atoms with E-state index in [-0.39, 0.29) is 36.8 Å². The van der Waals surface area contributed by atoms with Gasteiger partial charge in [-0.1, -0.05) is 30.3 Å². The van der Waals surface area contributed by atoms with E-state index in [0.717, 1.165) is 31.9 Å². The molecular weight excluding hydrogens is 401 g/mol. The van der Waals surface area contributed by atoms with Gasteiger partial charge in [0, 0.05) is 38.4 Å². The summed E-state index contributed by atoms with van der Waals surface area (Å²) in [7, 11) is 3.63. The van der Waals surface area contributed by atoms with Crippen molar-refractivity contribution in [1.29, 1.82) is 0 Å². The van der Waals surface area contributed by atoms with Gasteiger partial charge in [-0.25, -0.2) is 0 Å². The summed E-state index contributed by atoms with van der Waals surface area (Å²) in [6.07, 6.45) is 3.58. The van der Waals surface area contributed by atoms with Gasteiger partial charge in [0.25, 0.3) is 0 Å². The van der Waals surface area contributed by atoms with Crippen LogP contribution in [0.5, 0.6) is 0 Å². The van der Waals surface area contributed by atoms with Crippen molar-refractivity contribution in [3.05, 3.63) is 53.9 Å². The lowest BCUT2D eigenvalue weighted by Crippen LogP contribution is -2.45. The zero-order valence-electron chi connectivity index (χ0n) is 16.2. The quantitative estimate of drug-likeness (QED) is 0.700. The average Bonchev–Trinajstić information content (AvgIpc) is 3.10. The lowest BCUT2D eigenvalue weighted by atomic mass is 10.0. The number of carbonyl (C=O) groups excluding carboxylic acids is 1. The number of morpholine rings is 1. The van der Waals surface area contributed by atoms with E-state index >= 15 is 0 Å². The molecule has 2 unspecified atom stereocenters. The Morgan fingerprint density at radius 1 is 1.18 bits per heavy atom. The number of nitrogens with one attached hydrogen (secondary N) is 2. The molecule has 1 saturated heterocycles. The number of carbonyl (C=O) groups is 1. The van der Waals surface area contributed by atoms with Crippen molar-refractivity contribution >= 4 is 30.7 Å². The smallest absolute Gasteiger partial charge is 0.241 e. The monoisotopic (exact) mass is 429 g/mol. The van der Waals surface area contributed by atoms with Crippen molar-refractivity contribution in [3.8, 4) is 0 Å². The minimum atomic E-state index is -0.412. The van der Waals surface area contributed by atoms with Crippen LogP contribution in [-0.4, -0.2) is 60.5 Å². The first-order chi connectivity index (χ1) is 12.7. The van der Waals surface area contributed by atoms with E-state index < -0.39 is 6.04 Å². The van der Waals surface area contributed by atoms with Gasteiger partial charge in [-0.3, -0.25) is 14.4 Å². The van der Waals surface area contributed by atoms with Crippen LogP contribution < -0.4 is 10.6 Å². The molecule has 28 heavy (non-hydrogen) atoms. The summed E-state index contributed by atoms with van der Waals surface area (Å²) in [4.78, 5) is 15.1. The first kappa shape index (κ1) is 24.4. The summed E-state index contributed by atoms with van der Waals surface area (Å²) in [6.45, 7) is 3.75. The van der Waals surface area contributed by atoms with Crippen LogP contribution in [-0.2, 0) is 16.6 Å². The number of ether oxygens (including phenoxy) is 1. The average molecular weight is 430 g/mol. The zero-order valence-corrected chi connectivity index (χ0v) is 17.8. The number of benzene rings is 1. The van der Waals surface area contributed by atoms with Crippen molar-refractivity contribution < 1.29 is 9.53 Å². The molecule has 3 rings (SSSR count). The molecule has 1 amide bonds. The van der Waals surface area contributed by atoms with Crippen LogP contribution in [0.4, 0.5) is 0 Å². The number of amides is 1. The molecule has 1 aromatic carbocycles. The second-order valence-electron chi connectivity index (χ2n) is 6.49. The summed E-state index contributed by atoms with van der Waals surface area (Å²) in [6, 6.07) is 10.0. The number of aryl methyl sites for hydroxylation is 1. The number of hydrogen-bond acceptors (Lipinski definition) is 5. The first-order valence-electron chi connectivity index (χ1n) is 8.99. The van der Waals surface area contributed by atoms with Gasteiger partial charge in [-0.05, 0) is 12.6 Å². The molecular formula is C19H29Cl2N5O2. The highest BCUT2D eigenvalue weighted by Gasteiger charge is 2.25. The van der Waals surface area contributed by atoms with E-state index in [4.69, 9.17) is 4.74 Å². The summed E-state index contributed by atoms with van der Waals surface area (Å²) < 4.78 is 7.18. The topological polar surface area (TPSA) is 71.4 Å². The third-order valence-corrected chi connectivity index (χ3v) is 4.75. The van der Waals surface area contributed by atoms with Crippen molar-refractivity contribution in [2.45, 2.75) is 12.1 Å². The maximum absolute atomic E-state index is 12.7. The minimum absolute atomic E-state index is 0. The van der Waals surface area contributed by atoms with E-state index in [1.165, 1.54) is 5.56 Å². The molecule has 0 spiro atoms. The highest BCUT2D eigenvalue weighted by Crippen LogP contribution is 2.21. The largest absolute Gasteiger partial charge is 0.379 e. The Balaban J connectivity index is 0.00000196. The molecule has 7 nitrogen and oxygen atoms in total. The maximum atomic E-state index is 12.7. The van der Waals surface area contributed by atoms with E-state index in [1.54, 1.807) is 17.9 Å². The van der Waals surface area contributed by atoms with E-state index in [0.29, 0.717) is 6.54 Å². The molecule has 2 atom stereocenters. The van der Waals surface area contributed by atoms with Crippen LogP contribution in [0.3, 0.4) is 0 Å². The van der Waals surface area contributed by atoms with Gasteiger partial charge in [0.15, 0.2) is 0 Å². The molecule has 0 radical (unpaired) electrons. The number of halogens is 2. The number of nitrogens with zero attached hydrogens (tertiary/aromatic N) is 3. The Morgan fingerprint density at radius 2 is 1.86 bits per heavy atom. The molecule has 0 bridgehead atoms. The molecule has 2 N–H and O–H groups in total. The van der Waals surface area contributed by atoms with Gasteiger partial charge < -0.3 is 15.4 Å². The lowest BCUT2D eigenvalue weighted by molar-refractivity contribution is -0.123. The van der Waals surface area contributed by atoms with Gasteiger partial charge in [0.2, 0.25) is 5.91 Å². The molecule has 2 aromatic rings. The Morgan fingerprint density at radius 3 is 2.43 bits per heavy atom. The molecule has 1 aliphatic rings. The Hall–Kier alpha value is -1.64. The van der Waals surface area contributed by atoms with Crippen LogP contribution in [0.1, 0.15) is 23.2 Å². The molecule has 0 saturated carbocycles. The fourth-order valence-corrected chi connectivity index (χ4v) is 3.36. The minimum Gasteiger partial charge on any atom is -0.379 e. The van der Waals surface area contributed by atoms with Crippen molar-refractivity contribution in [2.75, 3.05) is 39.9 Å². The fraction of sp³-hybridized carbons (Fsp3) is 0.474. The highest BCUT2D eigenvalue weighted by atomic mass is 35.5. The Kier molecular flexibility index (Phi) is 10.5. The summed E-state index contributed by atoms with van der Waals surface area (Å²) in [5.41, 5.74) is 2.06. The predicted molar refractivity (Wildman–Crippen MR) is 114 cm³/mol. The molecule has 1 fully saturated rings. The van der Waals surface area contributed by atoms with Crippen LogP contribution in [0.25, 0.3) is 0 Å². The summed E-state index contributed by atoms with van der Waals surface area (Å²) >= 11 is 0. The van der Waals surface area contributed by atoms with Gasteiger partial charge in [-0.2, -0.15) is 5.10 Å². The highest BCUT2D eigenvalue weighted by molar-refractivity contribution is 5.85. The van der Waals surface area contributed by atoms with Crippen LogP contribution in [0, 0.1) is 0 Å². The number of aromatic nitrogens is 2. The Labute approximate surface area is 178 Å². The molecule has 156 valence electrons. The van der Waals surface area contributed by atoms with E-state index in [2.05, 4.69) is 32.8 Å². The fourth-order valence-electron chi connectivity index (χ4n) is 3.36. The van der Waals surface area contributed by atoms with Gasteiger partial charge in [-0.15, -0.1) is 24.8 Å². The zero-order chi connectivity index (χ0) is 18.4. The third kappa shape index (κ3) is 6.18. The van der Waals surface area contributed by atoms with E-state index in [9.17, 15) is 4.79 Å². The maximum Gasteiger partial charge on any atom is 0.241 e. The second kappa shape index (κ2) is 12.0. The summed E-state index contributed by atoms with van der Waals surface area (Å²) in [5.74, 6) is -0.0466. The third-order valence-electron chi connectivity index (χ3n) is 4.75. The van der Waals surface area contributed by atoms with Crippen molar-refractivity contribution in [1.82, 2.24) is 25.3 Å². The predicted octanol–water partition coefficient (Wildman–Crippen LogP) is 1.71. The molecule has 2 heterocycles. The van der Waals surface area contributed by atoms with Crippen molar-refractivity contribution in [2.24, 2.45) is 7.05 Å². The van der Waals surface area contributed by atoms with Gasteiger partial charge >= 0.3 is 0 Å². The van der Waals surface area contributed by atoms with Gasteiger partial charge in [0.05, 0.1) is 25.5 Å². The van der Waals surface area contributed by atoms with Crippen LogP contribution in [0.15, 0.2) is 42.7 Å². The molecule has 1 aromatic heterocycles. The second-order valence-corrected chi connectivity index (χ2v) is 6.49. The number of likely N-dealkylation sites (N-methyl/N-ethyl adjacent to an activating group) is 1. The van der Waals surface area contributed by atoms with Crippen LogP contribution in [0.2, 0.25) is 0 Å². The molecule has 0 aliphatic carbocycles. The van der Waals surface area contributed by atoms with E-state index in [1.807, 2.05) is 31.4 Å². The normalized spacial score (nSPS) is 16.4. The van der Waals surface area contributed by atoms with Crippen LogP contribution >= 0.6 is 24.8 Å². The standard InChI is InChI=1S/C19H27N5O2.2ClH/c1-20-18(16-12-22-23(2)14-16)19(25)21-13-17(15-6-4-3-5-7-15)24-8-10-26-11-9-24;;/h3-7,12,14,17-18,20H,8-11,13H2,1-2H3,(H,21,25);2*1H. The number of hydrogen-bond donors (Lipinski definition) is 2. The number of rotatable bonds is 7. The SMILES string of the molecule is CNC(C(=O)NCC(c1ccccc1)N1CCOCC1)c1cnn(C)c1.Cl.Cl. The first-order valence-corrected chi connectivity index (χ1v) is 8.99. The van der Waals surface area contributed by atoms with Crippen molar-refractivity contribution in [3.63, 3.8) is 0 Å². The molecule has 9 heteroatoms. The summed E-state index contributed by atoms with van der Waals surface area (Å²) in [5, 5.41) is 10.4. The lowest BCUT2D eigenvalue weighted by Gasteiger charge is -2.35. The van der Waals surface area contributed by atoms with Gasteiger partial charge in [0.1, 0.15) is 6.04 Å².